The molecule has 3 aromatic rings. The van der Waals surface area contributed by atoms with E-state index in [1.54, 1.807) is 18.3 Å². The maximum Gasteiger partial charge on any atom is 0.261 e. The summed E-state index contributed by atoms with van der Waals surface area (Å²) in [6.07, 6.45) is 4.66. The van der Waals surface area contributed by atoms with E-state index >= 15 is 0 Å². The minimum atomic E-state index is -0.441. The number of carbonyl (C=O) groups excluding carboxylic acids is 3. The first-order chi connectivity index (χ1) is 12.1. The molecule has 0 spiro atoms. The Kier molecular flexibility index (Phi) is 2.67. The molecule has 1 aromatic heterocycles. The molecule has 1 aliphatic carbocycles. The first-order valence-corrected chi connectivity index (χ1v) is 8.14. The van der Waals surface area contributed by atoms with Gasteiger partial charge in [0.2, 0.25) is 0 Å². The molecule has 0 N–H and O–H groups in total. The lowest BCUT2D eigenvalue weighted by molar-refractivity contribution is 0.0647. The maximum absolute atomic E-state index is 13.0. The van der Waals surface area contributed by atoms with E-state index in [1.807, 2.05) is 6.07 Å². The van der Waals surface area contributed by atoms with Crippen LogP contribution >= 0.6 is 0 Å². The fourth-order valence-corrected chi connectivity index (χ4v) is 3.64. The first kappa shape index (κ1) is 14.2. The summed E-state index contributed by atoms with van der Waals surface area (Å²) in [7, 11) is 1.45. The van der Waals surface area contributed by atoms with E-state index in [2.05, 4.69) is 9.97 Å². The summed E-state index contributed by atoms with van der Waals surface area (Å²) in [5, 5.41) is 1.81. The fraction of sp³-hybridized carbons (Fsp3) is 0.211. The van der Waals surface area contributed by atoms with Crippen LogP contribution in [-0.4, -0.2) is 39.5 Å². The summed E-state index contributed by atoms with van der Waals surface area (Å²) >= 11 is 0. The van der Waals surface area contributed by atoms with Crippen LogP contribution < -0.4 is 0 Å². The van der Waals surface area contributed by atoms with Crippen molar-refractivity contribution in [3.8, 4) is 0 Å². The van der Waals surface area contributed by atoms with Gasteiger partial charge in [0.15, 0.2) is 5.78 Å². The second-order valence-corrected chi connectivity index (χ2v) is 6.57. The Morgan fingerprint density at radius 2 is 1.96 bits per heavy atom. The molecule has 0 atom stereocenters. The standard InChI is InChI=1S/C19H13N3O3/c1-22-18(24)11-4-2-3-10-13(11)15(19(22)25)14(17(23)9-5-6-9)12-7-20-8-21-16(10)12/h2-4,7-9H,5-6H2,1H3. The predicted octanol–water partition coefficient (Wildman–Crippen LogP) is 2.60. The van der Waals surface area contributed by atoms with Gasteiger partial charge in [0.25, 0.3) is 11.8 Å². The second-order valence-electron chi connectivity index (χ2n) is 6.57. The molecule has 2 amide bonds. The number of Topliss-reactive ketones (excluding diaryl/α,β-unsaturated/α-hetero) is 1. The summed E-state index contributed by atoms with van der Waals surface area (Å²) in [5.41, 5.74) is 1.71. The molecule has 6 heteroatoms. The number of imide groups is 1. The van der Waals surface area contributed by atoms with Crippen LogP contribution in [0.25, 0.3) is 21.7 Å². The molecule has 0 saturated heterocycles. The van der Waals surface area contributed by atoms with Gasteiger partial charge >= 0.3 is 0 Å². The van der Waals surface area contributed by atoms with Crippen LogP contribution in [0.1, 0.15) is 43.9 Å². The van der Waals surface area contributed by atoms with Crippen molar-refractivity contribution >= 4 is 39.3 Å². The molecule has 6 nitrogen and oxygen atoms in total. The molecule has 0 unspecified atom stereocenters. The van der Waals surface area contributed by atoms with Crippen molar-refractivity contribution in [3.63, 3.8) is 0 Å². The van der Waals surface area contributed by atoms with Crippen molar-refractivity contribution in [2.24, 2.45) is 5.92 Å². The number of rotatable bonds is 2. The molecule has 25 heavy (non-hydrogen) atoms. The fourth-order valence-electron chi connectivity index (χ4n) is 3.64. The summed E-state index contributed by atoms with van der Waals surface area (Å²) < 4.78 is 0. The third-order valence-electron chi connectivity index (χ3n) is 5.05. The highest BCUT2D eigenvalue weighted by atomic mass is 16.2. The smallest absolute Gasteiger partial charge is 0.261 e. The number of fused-ring (bicyclic) bond motifs is 2. The zero-order chi connectivity index (χ0) is 17.3. The van der Waals surface area contributed by atoms with Gasteiger partial charge in [-0.25, -0.2) is 9.97 Å². The Morgan fingerprint density at radius 3 is 2.72 bits per heavy atom. The lowest BCUT2D eigenvalue weighted by atomic mass is 9.86. The summed E-state index contributed by atoms with van der Waals surface area (Å²) in [6.45, 7) is 0. The van der Waals surface area contributed by atoms with Crippen LogP contribution in [0.2, 0.25) is 0 Å². The Morgan fingerprint density at radius 1 is 1.16 bits per heavy atom. The third-order valence-corrected chi connectivity index (χ3v) is 5.05. The second kappa shape index (κ2) is 4.69. The number of carbonyl (C=O) groups is 3. The zero-order valence-electron chi connectivity index (χ0n) is 13.4. The Bertz CT molecular complexity index is 1130. The number of hydrogen-bond acceptors (Lipinski definition) is 5. The van der Waals surface area contributed by atoms with Gasteiger partial charge in [-0.3, -0.25) is 19.3 Å². The van der Waals surface area contributed by atoms with Crippen LogP contribution in [-0.2, 0) is 0 Å². The number of nitrogens with zero attached hydrogens (tertiary/aromatic N) is 3. The van der Waals surface area contributed by atoms with Crippen molar-refractivity contribution in [2.75, 3.05) is 7.05 Å². The van der Waals surface area contributed by atoms with E-state index in [9.17, 15) is 14.4 Å². The highest BCUT2D eigenvalue weighted by Crippen LogP contribution is 2.41. The molecule has 1 aliphatic heterocycles. The highest BCUT2D eigenvalue weighted by molar-refractivity contribution is 6.33. The van der Waals surface area contributed by atoms with Gasteiger partial charge in [0.05, 0.1) is 11.1 Å². The average Bonchev–Trinajstić information content (AvgIpc) is 3.48. The molecule has 2 aliphatic rings. The van der Waals surface area contributed by atoms with Crippen LogP contribution in [0.15, 0.2) is 30.7 Å². The van der Waals surface area contributed by atoms with Gasteiger partial charge in [-0.15, -0.1) is 0 Å². The highest BCUT2D eigenvalue weighted by Gasteiger charge is 2.39. The average molecular weight is 331 g/mol. The summed E-state index contributed by atoms with van der Waals surface area (Å²) in [6, 6.07) is 5.29. The molecule has 0 radical (unpaired) electrons. The Hall–Kier alpha value is -3.15. The van der Waals surface area contributed by atoms with Crippen LogP contribution in [0, 0.1) is 5.92 Å². The van der Waals surface area contributed by atoms with Crippen molar-refractivity contribution in [1.29, 1.82) is 0 Å². The number of benzene rings is 2. The molecular weight excluding hydrogens is 318 g/mol. The molecule has 5 rings (SSSR count). The van der Waals surface area contributed by atoms with E-state index in [1.165, 1.54) is 13.4 Å². The Balaban J connectivity index is 2.06. The zero-order valence-corrected chi connectivity index (χ0v) is 13.4. The van der Waals surface area contributed by atoms with Crippen molar-refractivity contribution in [1.82, 2.24) is 14.9 Å². The number of aromatic nitrogens is 2. The number of ketones is 1. The van der Waals surface area contributed by atoms with Crippen LogP contribution in [0.4, 0.5) is 0 Å². The van der Waals surface area contributed by atoms with Crippen LogP contribution in [0.3, 0.4) is 0 Å². The van der Waals surface area contributed by atoms with Crippen molar-refractivity contribution in [3.05, 3.63) is 47.4 Å². The first-order valence-electron chi connectivity index (χ1n) is 8.14. The van der Waals surface area contributed by atoms with E-state index in [4.69, 9.17) is 0 Å². The molecular formula is C19H13N3O3. The monoisotopic (exact) mass is 331 g/mol. The van der Waals surface area contributed by atoms with E-state index in [0.29, 0.717) is 38.4 Å². The van der Waals surface area contributed by atoms with Gasteiger partial charge < -0.3 is 0 Å². The van der Waals surface area contributed by atoms with Gasteiger partial charge in [-0.2, -0.15) is 0 Å². The van der Waals surface area contributed by atoms with Crippen molar-refractivity contribution < 1.29 is 14.4 Å². The molecule has 1 fully saturated rings. The summed E-state index contributed by atoms with van der Waals surface area (Å²) in [4.78, 5) is 48.0. The summed E-state index contributed by atoms with van der Waals surface area (Å²) in [5.74, 6) is -0.910. The minimum absolute atomic E-state index is 0.0531. The lowest BCUT2D eigenvalue weighted by Gasteiger charge is -2.26. The van der Waals surface area contributed by atoms with Crippen LogP contribution in [0.5, 0.6) is 0 Å². The van der Waals surface area contributed by atoms with Gasteiger partial charge in [-0.05, 0) is 18.9 Å². The molecule has 2 heterocycles. The van der Waals surface area contributed by atoms with E-state index in [-0.39, 0.29) is 17.6 Å². The Labute approximate surface area is 142 Å². The maximum atomic E-state index is 13.0. The van der Waals surface area contributed by atoms with E-state index in [0.717, 1.165) is 17.7 Å². The molecule has 0 bridgehead atoms. The molecule has 1 saturated carbocycles. The van der Waals surface area contributed by atoms with Gasteiger partial charge in [-0.1, -0.05) is 12.1 Å². The lowest BCUT2D eigenvalue weighted by Crippen LogP contribution is -2.38. The third kappa shape index (κ3) is 1.76. The minimum Gasteiger partial charge on any atom is -0.294 e. The van der Waals surface area contributed by atoms with Gasteiger partial charge in [0.1, 0.15) is 6.33 Å². The van der Waals surface area contributed by atoms with E-state index < -0.39 is 5.91 Å². The number of hydrogen-bond donors (Lipinski definition) is 0. The normalized spacial score (nSPS) is 16.8. The molecule has 122 valence electrons. The number of amides is 2. The quantitative estimate of drug-likeness (QED) is 0.410. The SMILES string of the molecule is CN1C(=O)c2cccc3c2c(c(C(=O)C2CC2)c2cncnc23)C1=O. The van der Waals surface area contributed by atoms with Crippen molar-refractivity contribution in [2.45, 2.75) is 12.8 Å². The topological polar surface area (TPSA) is 80.2 Å². The largest absolute Gasteiger partial charge is 0.294 e. The predicted molar refractivity (Wildman–Crippen MR) is 90.5 cm³/mol. The molecule has 2 aromatic carbocycles. The van der Waals surface area contributed by atoms with Gasteiger partial charge in [0, 0.05) is 46.4 Å².